The molecule has 1 aliphatic rings. The van der Waals surface area contributed by atoms with Crippen LogP contribution in [0.2, 0.25) is 0 Å². The molecule has 0 unspecified atom stereocenters. The molecule has 0 aliphatic carbocycles. The quantitative estimate of drug-likeness (QED) is 0.491. The zero-order valence-electron chi connectivity index (χ0n) is 10.7. The zero-order valence-corrected chi connectivity index (χ0v) is 13.8. The van der Waals surface area contributed by atoms with Crippen LogP contribution in [-0.2, 0) is 0 Å². The average molecular weight is 314 g/mol. The fourth-order valence-corrected chi connectivity index (χ4v) is 1.75. The normalized spacial score (nSPS) is 19.1. The molecule has 10 heteroatoms. The Labute approximate surface area is 150 Å². The molecule has 0 N–H and O–H groups in total. The second-order valence-electron chi connectivity index (χ2n) is 4.40. The van der Waals surface area contributed by atoms with Crippen LogP contribution in [0.3, 0.4) is 0 Å². The van der Waals surface area contributed by atoms with Gasteiger partial charge in [0.25, 0.3) is 0 Å². The number of piperazine rings is 1. The first-order valence-electron chi connectivity index (χ1n) is 5.47. The first-order valence-corrected chi connectivity index (χ1v) is 5.47. The molecule has 1 fully saturated rings. The third-order valence-electron chi connectivity index (χ3n) is 2.76. The maximum absolute atomic E-state index is 12.3. The van der Waals surface area contributed by atoms with Gasteiger partial charge in [-0.05, 0) is 6.54 Å². The number of nitrogens with zero attached hydrogens (tertiary/aromatic N) is 2. The van der Waals surface area contributed by atoms with E-state index in [0.29, 0.717) is 0 Å². The Bertz CT molecular complexity index is 298. The van der Waals surface area contributed by atoms with E-state index in [1.165, 1.54) is 9.80 Å². The van der Waals surface area contributed by atoms with Crippen molar-refractivity contribution in [3.63, 3.8) is 0 Å². The van der Waals surface area contributed by atoms with Crippen molar-refractivity contribution in [3.05, 3.63) is 12.1 Å². The maximum Gasteiger partial charge on any atom is 1.00 e. The van der Waals surface area contributed by atoms with Crippen LogP contribution in [-0.4, -0.2) is 62.2 Å². The van der Waals surface area contributed by atoms with Gasteiger partial charge in [0.05, 0.1) is 6.54 Å². The third kappa shape index (κ3) is 8.08. The molecule has 1 aliphatic heterocycles. The van der Waals surface area contributed by atoms with Crippen molar-refractivity contribution >= 4 is 6.98 Å². The van der Waals surface area contributed by atoms with Crippen LogP contribution < -0.4 is 51.4 Å². The van der Waals surface area contributed by atoms with Crippen LogP contribution in [0, 0.1) is 0 Å². The van der Waals surface area contributed by atoms with Crippen LogP contribution in [0.25, 0.3) is 0 Å². The van der Waals surface area contributed by atoms with E-state index in [9.17, 15) is 26.1 Å². The minimum Gasteiger partial charge on any atom is -0.445 e. The van der Waals surface area contributed by atoms with E-state index in [1.54, 1.807) is 0 Å². The van der Waals surface area contributed by atoms with E-state index in [4.69, 9.17) is 0 Å². The van der Waals surface area contributed by atoms with Crippen LogP contribution in [0.15, 0.2) is 12.1 Å². The Kier molecular flexibility index (Phi) is 8.20. The largest absolute Gasteiger partial charge is 1.00 e. The number of hydrogen-bond acceptors (Lipinski definition) is 2. The molecular weight excluding hydrogens is 300 g/mol. The smallest absolute Gasteiger partial charge is 0.445 e. The molecular formula is C9H14BF6KN2. The Morgan fingerprint density at radius 3 is 1.79 bits per heavy atom. The summed E-state index contributed by atoms with van der Waals surface area (Å²) in [5.41, 5.74) is -0.806. The molecule has 106 valence electrons. The molecule has 0 spiro atoms. The molecule has 1 saturated heterocycles. The first kappa shape index (κ1) is 19.9. The maximum atomic E-state index is 12.3. The number of alkyl halides is 3. The molecule has 0 aromatic heterocycles. The van der Waals surface area contributed by atoms with Crippen LogP contribution in [0.1, 0.15) is 0 Å². The molecule has 2 nitrogen and oxygen atoms in total. The van der Waals surface area contributed by atoms with Crippen LogP contribution >= 0.6 is 0 Å². The summed E-state index contributed by atoms with van der Waals surface area (Å²) in [4.78, 5) is 2.67. The fourth-order valence-electron chi connectivity index (χ4n) is 1.75. The van der Waals surface area contributed by atoms with E-state index in [2.05, 4.69) is 6.58 Å². The van der Waals surface area contributed by atoms with Gasteiger partial charge in [0.15, 0.2) is 0 Å². The molecule has 0 atom stereocenters. The van der Waals surface area contributed by atoms with E-state index >= 15 is 0 Å². The van der Waals surface area contributed by atoms with Gasteiger partial charge in [-0.3, -0.25) is 9.80 Å². The standard InChI is InChI=1S/C9H14BF6N2.K/c1-8(10(14,15)16)6-17-2-4-18(5-3-17)7-9(11,12)13;/h1-7H2;/q-1;+1. The SMILES string of the molecule is C=C(CN1CCN(CC(F)(F)F)CC1)[B-](F)(F)F.[K+]. The van der Waals surface area contributed by atoms with Gasteiger partial charge in [0, 0.05) is 26.2 Å². The summed E-state index contributed by atoms with van der Waals surface area (Å²) in [6, 6.07) is 0. The number of rotatable bonds is 4. The van der Waals surface area contributed by atoms with Crippen LogP contribution in [0.4, 0.5) is 26.1 Å². The third-order valence-corrected chi connectivity index (χ3v) is 2.76. The van der Waals surface area contributed by atoms with Gasteiger partial charge in [0.2, 0.25) is 0 Å². The van der Waals surface area contributed by atoms with Gasteiger partial charge in [0.1, 0.15) is 0 Å². The Morgan fingerprint density at radius 1 is 1.00 bits per heavy atom. The van der Waals surface area contributed by atoms with Gasteiger partial charge in [-0.1, -0.05) is 0 Å². The van der Waals surface area contributed by atoms with Crippen molar-refractivity contribution in [2.45, 2.75) is 6.18 Å². The molecule has 0 amide bonds. The summed E-state index contributed by atoms with van der Waals surface area (Å²) in [5.74, 6) is 0. The average Bonchev–Trinajstić information content (AvgIpc) is 2.17. The van der Waals surface area contributed by atoms with Gasteiger partial charge in [-0.15, -0.1) is 12.1 Å². The molecule has 0 bridgehead atoms. The molecule has 1 heterocycles. The summed E-state index contributed by atoms with van der Waals surface area (Å²) in [7, 11) is 0. The number of halogens is 6. The van der Waals surface area contributed by atoms with E-state index < -0.39 is 25.2 Å². The first-order chi connectivity index (χ1) is 8.08. The van der Waals surface area contributed by atoms with Gasteiger partial charge < -0.3 is 12.9 Å². The van der Waals surface area contributed by atoms with Gasteiger partial charge in [-0.2, -0.15) is 13.2 Å². The molecule has 0 aromatic carbocycles. The monoisotopic (exact) mass is 314 g/mol. The molecule has 19 heavy (non-hydrogen) atoms. The van der Waals surface area contributed by atoms with Crippen LogP contribution in [0.5, 0.6) is 0 Å². The summed E-state index contributed by atoms with van der Waals surface area (Å²) < 4.78 is 73.1. The van der Waals surface area contributed by atoms with Gasteiger partial charge in [-0.25, -0.2) is 0 Å². The summed E-state index contributed by atoms with van der Waals surface area (Å²) >= 11 is 0. The molecule has 0 saturated carbocycles. The van der Waals surface area contributed by atoms with Crippen molar-refractivity contribution in [3.8, 4) is 0 Å². The van der Waals surface area contributed by atoms with Crippen molar-refractivity contribution in [1.29, 1.82) is 0 Å². The molecule has 0 aromatic rings. The summed E-state index contributed by atoms with van der Waals surface area (Å²) in [6.07, 6.45) is -4.26. The summed E-state index contributed by atoms with van der Waals surface area (Å²) in [5, 5.41) is 0. The number of hydrogen-bond donors (Lipinski definition) is 0. The van der Waals surface area contributed by atoms with Crippen molar-refractivity contribution < 1.29 is 77.5 Å². The topological polar surface area (TPSA) is 6.48 Å². The second-order valence-corrected chi connectivity index (χ2v) is 4.40. The predicted molar refractivity (Wildman–Crippen MR) is 57.2 cm³/mol. The van der Waals surface area contributed by atoms with E-state index in [1.807, 2.05) is 0 Å². The molecule has 1 rings (SSSR count). The molecule has 0 radical (unpaired) electrons. The van der Waals surface area contributed by atoms with E-state index in [0.717, 1.165) is 0 Å². The van der Waals surface area contributed by atoms with E-state index in [-0.39, 0.29) is 84.1 Å². The Morgan fingerprint density at radius 2 is 1.42 bits per heavy atom. The minimum atomic E-state index is -5.07. The predicted octanol–water partition coefficient (Wildman–Crippen LogP) is -0.887. The van der Waals surface area contributed by atoms with Crippen molar-refractivity contribution in [1.82, 2.24) is 9.80 Å². The Balaban J connectivity index is 0.00000324. The fraction of sp³-hybridized carbons (Fsp3) is 0.778. The zero-order chi connectivity index (χ0) is 14.0. The minimum absolute atomic E-state index is 0. The van der Waals surface area contributed by atoms with Crippen molar-refractivity contribution in [2.24, 2.45) is 0 Å². The summed E-state index contributed by atoms with van der Waals surface area (Å²) in [6.45, 7) is -2.79. The van der Waals surface area contributed by atoms with Gasteiger partial charge >= 0.3 is 64.5 Å². The van der Waals surface area contributed by atoms with Crippen molar-refractivity contribution in [2.75, 3.05) is 39.3 Å². The second kappa shape index (κ2) is 7.81. The Hall–Kier alpha value is 0.941.